The maximum absolute atomic E-state index is 12.8. The number of hydrogen-bond acceptors (Lipinski definition) is 4. The molecule has 0 saturated carbocycles. The molecule has 2 aromatic rings. The molecule has 0 aromatic heterocycles. The van der Waals surface area contributed by atoms with Crippen LogP contribution in [-0.4, -0.2) is 31.2 Å². The molecule has 0 aliphatic rings. The third-order valence-electron chi connectivity index (χ3n) is 4.50. The van der Waals surface area contributed by atoms with Gasteiger partial charge in [0.25, 0.3) is 15.9 Å². The number of benzene rings is 2. The summed E-state index contributed by atoms with van der Waals surface area (Å²) in [5.74, 6) is -1.76. The number of sulfonamides is 1. The molecule has 0 radical (unpaired) electrons. The third kappa shape index (κ3) is 5.69. The van der Waals surface area contributed by atoms with Gasteiger partial charge in [0.05, 0.1) is 15.6 Å². The van der Waals surface area contributed by atoms with Gasteiger partial charge in [-0.2, -0.15) is 13.2 Å². The van der Waals surface area contributed by atoms with Crippen molar-refractivity contribution in [1.82, 2.24) is 0 Å². The van der Waals surface area contributed by atoms with E-state index in [1.807, 2.05) is 26.1 Å². The first-order valence-corrected chi connectivity index (χ1v) is 10.8. The molecule has 0 bridgehead atoms. The van der Waals surface area contributed by atoms with E-state index in [9.17, 15) is 31.5 Å². The highest BCUT2D eigenvalue weighted by Crippen LogP contribution is 2.33. The van der Waals surface area contributed by atoms with Gasteiger partial charge in [-0.25, -0.2) is 8.42 Å². The smallest absolute Gasteiger partial charge is 0.373 e. The zero-order valence-electron chi connectivity index (χ0n) is 17.1. The summed E-state index contributed by atoms with van der Waals surface area (Å²) in [5, 5.41) is 10.9. The van der Waals surface area contributed by atoms with Gasteiger partial charge in [0.2, 0.25) is 5.60 Å². The number of alkyl halides is 3. The van der Waals surface area contributed by atoms with Crippen molar-refractivity contribution in [2.24, 2.45) is 0 Å². The van der Waals surface area contributed by atoms with E-state index in [0.717, 1.165) is 23.8 Å². The quantitative estimate of drug-likeness (QED) is 0.581. The first-order valence-electron chi connectivity index (χ1n) is 8.98. The summed E-state index contributed by atoms with van der Waals surface area (Å²) in [5.41, 5.74) is -2.73. The molecule has 11 heteroatoms. The van der Waals surface area contributed by atoms with Crippen LogP contribution in [-0.2, 0) is 20.2 Å². The Morgan fingerprint density at radius 3 is 2.00 bits per heavy atom. The fraction of sp³-hybridized carbons (Fsp3) is 0.350. The lowest BCUT2D eigenvalue weighted by Gasteiger charge is -2.25. The second-order valence-electron chi connectivity index (χ2n) is 8.10. The van der Waals surface area contributed by atoms with Crippen molar-refractivity contribution in [2.45, 2.75) is 49.8 Å². The Bertz CT molecular complexity index is 1080. The lowest BCUT2D eigenvalue weighted by molar-refractivity contribution is -0.242. The summed E-state index contributed by atoms with van der Waals surface area (Å²) in [6.45, 7) is 6.34. The average Bonchev–Trinajstić information content (AvgIpc) is 2.61. The van der Waals surface area contributed by atoms with E-state index in [-0.39, 0.29) is 21.0 Å². The van der Waals surface area contributed by atoms with Crippen LogP contribution in [0, 0.1) is 0 Å². The molecule has 0 spiro atoms. The number of amides is 1. The summed E-state index contributed by atoms with van der Waals surface area (Å²) in [6, 6.07) is 9.86. The van der Waals surface area contributed by atoms with Crippen molar-refractivity contribution in [2.75, 3.05) is 10.0 Å². The van der Waals surface area contributed by atoms with Crippen molar-refractivity contribution in [3.63, 3.8) is 0 Å². The van der Waals surface area contributed by atoms with Crippen LogP contribution in [0.3, 0.4) is 0 Å². The Labute approximate surface area is 183 Å². The van der Waals surface area contributed by atoms with Crippen LogP contribution in [0.4, 0.5) is 24.5 Å². The van der Waals surface area contributed by atoms with Gasteiger partial charge in [0, 0.05) is 5.69 Å². The number of nitrogens with one attached hydrogen (secondary N) is 2. The van der Waals surface area contributed by atoms with Gasteiger partial charge >= 0.3 is 6.18 Å². The molecule has 0 heterocycles. The van der Waals surface area contributed by atoms with Crippen molar-refractivity contribution in [3.05, 3.63) is 53.1 Å². The number of rotatable bonds is 5. The first-order chi connectivity index (χ1) is 13.9. The monoisotopic (exact) mass is 478 g/mol. The van der Waals surface area contributed by atoms with Crippen LogP contribution in [0.2, 0.25) is 5.02 Å². The molecule has 0 unspecified atom stereocenters. The van der Waals surface area contributed by atoms with Gasteiger partial charge in [-0.05, 0) is 48.2 Å². The maximum Gasteiger partial charge on any atom is 0.426 e. The Kier molecular flexibility index (Phi) is 6.71. The molecule has 31 heavy (non-hydrogen) atoms. The normalized spacial score (nSPS) is 14.6. The lowest BCUT2D eigenvalue weighted by atomic mass is 9.87. The van der Waals surface area contributed by atoms with Crippen LogP contribution < -0.4 is 10.0 Å². The number of aliphatic hydroxyl groups is 1. The average molecular weight is 479 g/mol. The minimum absolute atomic E-state index is 0.109. The van der Waals surface area contributed by atoms with Gasteiger partial charge in [0.15, 0.2) is 0 Å². The number of carbonyl (C=O) groups is 1. The second kappa shape index (κ2) is 8.33. The van der Waals surface area contributed by atoms with E-state index in [1.54, 1.807) is 24.3 Å². The molecule has 0 aliphatic carbocycles. The van der Waals surface area contributed by atoms with Crippen molar-refractivity contribution < 1.29 is 31.5 Å². The SMILES string of the molecule is CC(C)(C)c1ccc(NS(=O)(=O)c2ccc(NC(=O)[C@@](C)(O)C(F)(F)F)c(Cl)c2)cc1. The zero-order chi connectivity index (χ0) is 23.8. The highest BCUT2D eigenvalue weighted by Gasteiger charge is 2.55. The molecule has 0 saturated heterocycles. The van der Waals surface area contributed by atoms with Crippen LogP contribution >= 0.6 is 11.6 Å². The number of carbonyl (C=O) groups excluding carboxylic acids is 1. The molecule has 2 aromatic carbocycles. The largest absolute Gasteiger partial charge is 0.426 e. The van der Waals surface area contributed by atoms with Gasteiger partial charge in [-0.3, -0.25) is 9.52 Å². The van der Waals surface area contributed by atoms with Crippen LogP contribution in [0.25, 0.3) is 0 Å². The highest BCUT2D eigenvalue weighted by atomic mass is 35.5. The first kappa shape index (κ1) is 25.0. The molecule has 170 valence electrons. The Hall–Kier alpha value is -2.30. The van der Waals surface area contributed by atoms with E-state index in [2.05, 4.69) is 4.72 Å². The molecule has 1 amide bonds. The van der Waals surface area contributed by atoms with Gasteiger partial charge in [-0.15, -0.1) is 0 Å². The summed E-state index contributed by atoms with van der Waals surface area (Å²) in [6.07, 6.45) is -5.21. The Morgan fingerprint density at radius 1 is 1.00 bits per heavy atom. The standard InChI is InChI=1S/C20H22ClF3N2O4S/c1-18(2,3)12-5-7-13(8-6-12)26-31(29,30)14-9-10-16(15(21)11-14)25-17(27)19(4,28)20(22,23)24/h5-11,26,28H,1-4H3,(H,25,27)/t19-/m1/s1. The molecule has 0 fully saturated rings. The van der Waals surface area contributed by atoms with Crippen molar-refractivity contribution in [1.29, 1.82) is 0 Å². The van der Waals surface area contributed by atoms with E-state index >= 15 is 0 Å². The summed E-state index contributed by atoms with van der Waals surface area (Å²) >= 11 is 5.95. The minimum Gasteiger partial charge on any atom is -0.373 e. The van der Waals surface area contributed by atoms with Crippen molar-refractivity contribution >= 4 is 38.9 Å². The molecular formula is C20H22ClF3N2O4S. The number of halogens is 4. The van der Waals surface area contributed by atoms with Gasteiger partial charge in [0.1, 0.15) is 0 Å². The van der Waals surface area contributed by atoms with Gasteiger partial charge < -0.3 is 10.4 Å². The fourth-order valence-electron chi connectivity index (χ4n) is 2.39. The van der Waals surface area contributed by atoms with Crippen LogP contribution in [0.5, 0.6) is 0 Å². The lowest BCUT2D eigenvalue weighted by Crippen LogP contribution is -2.52. The van der Waals surface area contributed by atoms with E-state index in [1.165, 1.54) is 0 Å². The van der Waals surface area contributed by atoms with Crippen LogP contribution in [0.1, 0.15) is 33.3 Å². The van der Waals surface area contributed by atoms with Crippen LogP contribution in [0.15, 0.2) is 47.4 Å². The molecule has 3 N–H and O–H groups in total. The molecule has 2 rings (SSSR count). The van der Waals surface area contributed by atoms with E-state index < -0.39 is 27.7 Å². The summed E-state index contributed by atoms with van der Waals surface area (Å²) < 4.78 is 65.9. The van der Waals surface area contributed by atoms with Gasteiger partial charge in [-0.1, -0.05) is 44.5 Å². The molecular weight excluding hydrogens is 457 g/mol. The summed E-state index contributed by atoms with van der Waals surface area (Å²) in [4.78, 5) is 11.5. The predicted octanol–water partition coefficient (Wildman–Crippen LogP) is 4.69. The number of hydrogen-bond donors (Lipinski definition) is 3. The topological polar surface area (TPSA) is 95.5 Å². The zero-order valence-corrected chi connectivity index (χ0v) is 18.7. The molecule has 0 aliphatic heterocycles. The maximum atomic E-state index is 12.8. The Balaban J connectivity index is 2.22. The highest BCUT2D eigenvalue weighted by molar-refractivity contribution is 7.92. The number of anilines is 2. The van der Waals surface area contributed by atoms with Crippen molar-refractivity contribution in [3.8, 4) is 0 Å². The summed E-state index contributed by atoms with van der Waals surface area (Å²) in [7, 11) is -4.06. The third-order valence-corrected chi connectivity index (χ3v) is 6.19. The molecule has 6 nitrogen and oxygen atoms in total. The fourth-order valence-corrected chi connectivity index (χ4v) is 3.77. The Morgan fingerprint density at radius 2 is 1.55 bits per heavy atom. The molecule has 1 atom stereocenters. The minimum atomic E-state index is -5.21. The second-order valence-corrected chi connectivity index (χ2v) is 10.2. The van der Waals surface area contributed by atoms with E-state index in [4.69, 9.17) is 11.6 Å². The van der Waals surface area contributed by atoms with E-state index in [0.29, 0.717) is 12.6 Å². The predicted molar refractivity (Wildman–Crippen MR) is 113 cm³/mol.